The van der Waals surface area contributed by atoms with Gasteiger partial charge in [0.1, 0.15) is 5.82 Å². The number of carbonyl (C=O) groups excluding carboxylic acids is 1. The lowest BCUT2D eigenvalue weighted by atomic mass is 9.83. The molecule has 4 heteroatoms. The van der Waals surface area contributed by atoms with Crippen molar-refractivity contribution in [3.8, 4) is 0 Å². The monoisotopic (exact) mass is 271 g/mol. The molecule has 0 radical (unpaired) electrons. The van der Waals surface area contributed by atoms with Crippen molar-refractivity contribution in [1.82, 2.24) is 10.2 Å². The Morgan fingerprint density at radius 2 is 2.00 bits per heavy atom. The smallest absolute Gasteiger partial charge is 0.257 e. The van der Waals surface area contributed by atoms with Crippen LogP contribution in [-0.2, 0) is 11.8 Å². The average Bonchev–Trinajstić information content (AvgIpc) is 2.85. The Morgan fingerprint density at radius 1 is 1.30 bits per heavy atom. The van der Waals surface area contributed by atoms with Crippen molar-refractivity contribution in [3.05, 3.63) is 47.2 Å². The minimum Gasteiger partial charge on any atom is -0.307 e. The molecular formula is C16H21N3O. The van der Waals surface area contributed by atoms with Gasteiger partial charge in [-0.05, 0) is 23.5 Å². The second kappa shape index (κ2) is 5.49. The Balaban J connectivity index is 2.31. The fourth-order valence-corrected chi connectivity index (χ4v) is 2.20. The van der Waals surface area contributed by atoms with E-state index in [-0.39, 0.29) is 11.3 Å². The summed E-state index contributed by atoms with van der Waals surface area (Å²) in [5, 5.41) is 9.72. The van der Waals surface area contributed by atoms with Crippen molar-refractivity contribution >= 4 is 11.7 Å². The molecule has 106 valence electrons. The van der Waals surface area contributed by atoms with Crippen molar-refractivity contribution in [2.45, 2.75) is 39.5 Å². The van der Waals surface area contributed by atoms with Crippen LogP contribution in [0.3, 0.4) is 0 Å². The third-order valence-electron chi connectivity index (χ3n) is 3.32. The lowest BCUT2D eigenvalue weighted by Crippen LogP contribution is -2.21. The van der Waals surface area contributed by atoms with Crippen LogP contribution in [0.1, 0.15) is 49.2 Å². The van der Waals surface area contributed by atoms with Crippen LogP contribution in [0.2, 0.25) is 0 Å². The summed E-state index contributed by atoms with van der Waals surface area (Å²) in [7, 11) is 0. The van der Waals surface area contributed by atoms with Gasteiger partial charge in [-0.25, -0.2) is 0 Å². The SMILES string of the molecule is CCc1cn[nH]c1NC(=O)c1ccccc1C(C)(C)C. The number of benzene rings is 1. The largest absolute Gasteiger partial charge is 0.307 e. The van der Waals surface area contributed by atoms with Crippen LogP contribution in [0.25, 0.3) is 0 Å². The van der Waals surface area contributed by atoms with Crippen molar-refractivity contribution in [2.24, 2.45) is 0 Å². The van der Waals surface area contributed by atoms with Crippen molar-refractivity contribution in [2.75, 3.05) is 5.32 Å². The van der Waals surface area contributed by atoms with Gasteiger partial charge in [-0.3, -0.25) is 9.89 Å². The van der Waals surface area contributed by atoms with E-state index in [0.29, 0.717) is 11.4 Å². The van der Waals surface area contributed by atoms with E-state index in [4.69, 9.17) is 0 Å². The minimum absolute atomic E-state index is 0.0739. The number of carbonyl (C=O) groups is 1. The highest BCUT2D eigenvalue weighted by Crippen LogP contribution is 2.26. The first-order valence-electron chi connectivity index (χ1n) is 6.86. The van der Waals surface area contributed by atoms with Crippen LogP contribution in [0.5, 0.6) is 0 Å². The Kier molecular flexibility index (Phi) is 3.93. The van der Waals surface area contributed by atoms with Gasteiger partial charge in [-0.2, -0.15) is 5.10 Å². The number of amides is 1. The first-order chi connectivity index (χ1) is 9.43. The molecule has 0 unspecified atom stereocenters. The maximum absolute atomic E-state index is 12.5. The van der Waals surface area contributed by atoms with E-state index in [2.05, 4.69) is 36.3 Å². The van der Waals surface area contributed by atoms with Gasteiger partial charge in [0.25, 0.3) is 5.91 Å². The molecule has 2 aromatic rings. The molecule has 20 heavy (non-hydrogen) atoms. The van der Waals surface area contributed by atoms with E-state index in [0.717, 1.165) is 17.5 Å². The lowest BCUT2D eigenvalue weighted by Gasteiger charge is -2.22. The Morgan fingerprint density at radius 3 is 2.65 bits per heavy atom. The van der Waals surface area contributed by atoms with Crippen molar-refractivity contribution in [3.63, 3.8) is 0 Å². The number of aryl methyl sites for hydroxylation is 1. The summed E-state index contributed by atoms with van der Waals surface area (Å²) in [6, 6.07) is 7.71. The van der Waals surface area contributed by atoms with E-state index in [1.165, 1.54) is 0 Å². The van der Waals surface area contributed by atoms with E-state index < -0.39 is 0 Å². The molecule has 0 spiro atoms. The number of hydrogen-bond acceptors (Lipinski definition) is 2. The summed E-state index contributed by atoms with van der Waals surface area (Å²) >= 11 is 0. The zero-order chi connectivity index (χ0) is 14.8. The molecule has 1 heterocycles. The van der Waals surface area contributed by atoms with Gasteiger partial charge in [0.15, 0.2) is 0 Å². The quantitative estimate of drug-likeness (QED) is 0.897. The molecule has 0 aliphatic rings. The Bertz CT molecular complexity index is 608. The van der Waals surface area contributed by atoms with E-state index in [1.807, 2.05) is 31.2 Å². The first-order valence-corrected chi connectivity index (χ1v) is 6.86. The number of aromatic amines is 1. The second-order valence-corrected chi connectivity index (χ2v) is 5.87. The topological polar surface area (TPSA) is 57.8 Å². The molecule has 1 amide bonds. The predicted octanol–water partition coefficient (Wildman–Crippen LogP) is 3.52. The molecule has 4 nitrogen and oxygen atoms in total. The Labute approximate surface area is 119 Å². The second-order valence-electron chi connectivity index (χ2n) is 5.87. The summed E-state index contributed by atoms with van der Waals surface area (Å²) < 4.78 is 0. The third kappa shape index (κ3) is 2.90. The number of hydrogen-bond donors (Lipinski definition) is 2. The van der Waals surface area contributed by atoms with E-state index in [9.17, 15) is 4.79 Å². The maximum Gasteiger partial charge on any atom is 0.257 e. The van der Waals surface area contributed by atoms with Crippen molar-refractivity contribution < 1.29 is 4.79 Å². The van der Waals surface area contributed by atoms with Crippen LogP contribution in [0.15, 0.2) is 30.5 Å². The molecule has 0 aliphatic heterocycles. The van der Waals surface area contributed by atoms with E-state index in [1.54, 1.807) is 6.20 Å². The molecule has 2 N–H and O–H groups in total. The van der Waals surface area contributed by atoms with Gasteiger partial charge < -0.3 is 5.32 Å². The number of nitrogens with zero attached hydrogens (tertiary/aromatic N) is 1. The van der Waals surface area contributed by atoms with E-state index >= 15 is 0 Å². The summed E-state index contributed by atoms with van der Waals surface area (Å²) in [6.45, 7) is 8.34. The average molecular weight is 271 g/mol. The molecule has 0 bridgehead atoms. The molecule has 0 aliphatic carbocycles. The number of nitrogens with one attached hydrogen (secondary N) is 2. The molecule has 1 aromatic carbocycles. The molecule has 0 saturated carbocycles. The number of anilines is 1. The highest BCUT2D eigenvalue weighted by Gasteiger charge is 2.21. The van der Waals surface area contributed by atoms with Crippen LogP contribution in [0, 0.1) is 0 Å². The van der Waals surface area contributed by atoms with Gasteiger partial charge in [-0.1, -0.05) is 45.9 Å². The standard InChI is InChI=1S/C16H21N3O/c1-5-11-10-17-19-14(11)18-15(20)12-8-6-7-9-13(12)16(2,3)4/h6-10H,5H2,1-4H3,(H2,17,18,19,20). The zero-order valence-electron chi connectivity index (χ0n) is 12.4. The van der Waals surface area contributed by atoms with Crippen LogP contribution >= 0.6 is 0 Å². The van der Waals surface area contributed by atoms with Gasteiger partial charge in [0.05, 0.1) is 6.20 Å². The summed E-state index contributed by atoms with van der Waals surface area (Å²) in [5.74, 6) is 0.579. The van der Waals surface area contributed by atoms with Crippen LogP contribution < -0.4 is 5.32 Å². The van der Waals surface area contributed by atoms with Crippen LogP contribution in [0.4, 0.5) is 5.82 Å². The van der Waals surface area contributed by atoms with Crippen molar-refractivity contribution in [1.29, 1.82) is 0 Å². The molecular weight excluding hydrogens is 250 g/mol. The fourth-order valence-electron chi connectivity index (χ4n) is 2.20. The normalized spacial score (nSPS) is 11.4. The summed E-state index contributed by atoms with van der Waals surface area (Å²) in [4.78, 5) is 12.5. The summed E-state index contributed by atoms with van der Waals surface area (Å²) in [5.41, 5.74) is 2.67. The predicted molar refractivity (Wildman–Crippen MR) is 81.1 cm³/mol. The fraction of sp³-hybridized carbons (Fsp3) is 0.375. The number of H-pyrrole nitrogens is 1. The van der Waals surface area contributed by atoms with Gasteiger partial charge in [0, 0.05) is 11.1 Å². The molecule has 0 saturated heterocycles. The van der Waals surface area contributed by atoms with Gasteiger partial charge >= 0.3 is 0 Å². The minimum atomic E-state index is -0.102. The number of rotatable bonds is 3. The molecule has 2 rings (SSSR count). The Hall–Kier alpha value is -2.10. The number of aromatic nitrogens is 2. The van der Waals surface area contributed by atoms with Crippen LogP contribution in [-0.4, -0.2) is 16.1 Å². The lowest BCUT2D eigenvalue weighted by molar-refractivity contribution is 0.102. The maximum atomic E-state index is 12.5. The highest BCUT2D eigenvalue weighted by atomic mass is 16.1. The third-order valence-corrected chi connectivity index (χ3v) is 3.32. The zero-order valence-corrected chi connectivity index (χ0v) is 12.4. The molecule has 0 fully saturated rings. The first kappa shape index (κ1) is 14.3. The van der Waals surface area contributed by atoms with Gasteiger partial charge in [0.2, 0.25) is 0 Å². The van der Waals surface area contributed by atoms with Gasteiger partial charge in [-0.15, -0.1) is 0 Å². The molecule has 1 aromatic heterocycles. The summed E-state index contributed by atoms with van der Waals surface area (Å²) in [6.07, 6.45) is 2.57. The highest BCUT2D eigenvalue weighted by molar-refractivity contribution is 6.05. The molecule has 0 atom stereocenters.